The minimum Gasteiger partial charge on any atom is -0.447 e. The fourth-order valence-electron chi connectivity index (χ4n) is 3.80. The Morgan fingerprint density at radius 1 is 0.882 bits per heavy atom. The number of rotatable bonds is 15. The molecule has 5 N–H and O–H groups in total. The van der Waals surface area contributed by atoms with Gasteiger partial charge in [-0.15, -0.1) is 0 Å². The van der Waals surface area contributed by atoms with E-state index in [1.807, 2.05) is 0 Å². The molecule has 0 aromatic heterocycles. The molecule has 198 valence electrons. The quantitative estimate of drug-likeness (QED) is 0.193. The number of ether oxygens (including phenoxy) is 5. The van der Waals surface area contributed by atoms with E-state index in [0.717, 1.165) is 19.3 Å². The van der Waals surface area contributed by atoms with Crippen molar-refractivity contribution in [3.05, 3.63) is 0 Å². The van der Waals surface area contributed by atoms with Gasteiger partial charge < -0.3 is 49.6 Å². The highest BCUT2D eigenvalue weighted by Gasteiger charge is 2.48. The second kappa shape index (κ2) is 15.5. The second-order valence-corrected chi connectivity index (χ2v) is 8.68. The van der Waals surface area contributed by atoms with Gasteiger partial charge >= 0.3 is 6.09 Å². The highest BCUT2D eigenvalue weighted by atomic mass is 16.8. The van der Waals surface area contributed by atoms with E-state index in [4.69, 9.17) is 23.7 Å². The number of nitrogens with one attached hydrogen (secondary N) is 2. The van der Waals surface area contributed by atoms with Crippen LogP contribution in [-0.4, -0.2) is 104 Å². The van der Waals surface area contributed by atoms with Crippen molar-refractivity contribution in [3.63, 3.8) is 0 Å². The first kappa shape index (κ1) is 28.7. The Morgan fingerprint density at radius 2 is 1.50 bits per heavy atom. The van der Waals surface area contributed by atoms with E-state index in [2.05, 4.69) is 17.6 Å². The van der Waals surface area contributed by atoms with E-state index in [1.165, 1.54) is 25.7 Å². The van der Waals surface area contributed by atoms with E-state index in [9.17, 15) is 24.9 Å². The lowest BCUT2D eigenvalue weighted by molar-refractivity contribution is -0.320. The molecule has 0 saturated carbocycles. The summed E-state index contributed by atoms with van der Waals surface area (Å²) in [5.41, 5.74) is -1.60. The Morgan fingerprint density at radius 3 is 2.18 bits per heavy atom. The molecule has 12 nitrogen and oxygen atoms in total. The highest BCUT2D eigenvalue weighted by Crippen LogP contribution is 2.27. The summed E-state index contributed by atoms with van der Waals surface area (Å²) in [5.74, 6) is -0.690. The predicted octanol–water partition coefficient (Wildman–Crippen LogP) is -0.222. The standard InChI is InChI=1S/C22H40N2O10/c1-2-3-4-5-6-7-8-9-23-21(29)30-10-16-17-18(33-14-31-16)19(34-15-32-17)20(28)24-22(11-25,12-26)13-27/h16-19,25-27H,2-15H2,1H3,(H,23,29)(H,24,28)/t16-,17-,18+,19-/m1/s1. The lowest BCUT2D eigenvalue weighted by Gasteiger charge is -2.44. The summed E-state index contributed by atoms with van der Waals surface area (Å²) in [5, 5.41) is 33.5. The molecule has 2 heterocycles. The van der Waals surface area contributed by atoms with Gasteiger partial charge in [0, 0.05) is 6.54 Å². The normalized spacial score (nSPS) is 24.8. The second-order valence-electron chi connectivity index (χ2n) is 8.68. The highest BCUT2D eigenvalue weighted by molar-refractivity contribution is 5.82. The van der Waals surface area contributed by atoms with Crippen LogP contribution in [0.4, 0.5) is 4.79 Å². The van der Waals surface area contributed by atoms with E-state index in [-0.39, 0.29) is 20.2 Å². The molecule has 0 aromatic rings. The number of carbonyl (C=O) groups excluding carboxylic acids is 2. The zero-order valence-corrected chi connectivity index (χ0v) is 19.9. The van der Waals surface area contributed by atoms with Gasteiger partial charge in [-0.05, 0) is 6.42 Å². The van der Waals surface area contributed by atoms with Crippen molar-refractivity contribution in [3.8, 4) is 0 Å². The summed E-state index contributed by atoms with van der Waals surface area (Å²) >= 11 is 0. The van der Waals surface area contributed by atoms with Crippen molar-refractivity contribution < 1.29 is 48.6 Å². The SMILES string of the molecule is CCCCCCCCCNC(=O)OC[C@H]1OCO[C@H]2[C@@H]1OCO[C@H]2C(=O)NC(CO)(CO)CO. The van der Waals surface area contributed by atoms with Crippen LogP contribution in [0.5, 0.6) is 0 Å². The topological polar surface area (TPSA) is 165 Å². The zero-order valence-electron chi connectivity index (χ0n) is 19.9. The molecule has 12 heteroatoms. The van der Waals surface area contributed by atoms with Crippen LogP contribution in [-0.2, 0) is 28.5 Å². The van der Waals surface area contributed by atoms with Crippen molar-refractivity contribution >= 4 is 12.0 Å². The van der Waals surface area contributed by atoms with Crippen LogP contribution >= 0.6 is 0 Å². The average Bonchev–Trinajstić information content (AvgIpc) is 2.87. The molecule has 2 fully saturated rings. The maximum atomic E-state index is 12.7. The molecule has 34 heavy (non-hydrogen) atoms. The molecule has 0 aliphatic carbocycles. The summed E-state index contributed by atoms with van der Waals surface area (Å²) < 4.78 is 27.3. The van der Waals surface area contributed by atoms with Gasteiger partial charge in [0.05, 0.1) is 19.8 Å². The number of hydrogen-bond acceptors (Lipinski definition) is 10. The molecular formula is C22H40N2O10. The lowest BCUT2D eigenvalue weighted by Crippen LogP contribution is -2.65. The van der Waals surface area contributed by atoms with E-state index in [1.54, 1.807) is 0 Å². The molecule has 2 aliphatic rings. The van der Waals surface area contributed by atoms with Crippen LogP contribution in [0.25, 0.3) is 0 Å². The fraction of sp³-hybridized carbons (Fsp3) is 0.909. The maximum Gasteiger partial charge on any atom is 0.407 e. The van der Waals surface area contributed by atoms with Crippen molar-refractivity contribution in [2.45, 2.75) is 81.8 Å². The van der Waals surface area contributed by atoms with Gasteiger partial charge in [-0.1, -0.05) is 45.4 Å². The third kappa shape index (κ3) is 8.59. The maximum absolute atomic E-state index is 12.7. The monoisotopic (exact) mass is 492 g/mol. The van der Waals surface area contributed by atoms with Gasteiger partial charge in [-0.3, -0.25) is 4.79 Å². The van der Waals surface area contributed by atoms with Crippen molar-refractivity contribution in [2.24, 2.45) is 0 Å². The van der Waals surface area contributed by atoms with Gasteiger partial charge in [0.25, 0.3) is 5.91 Å². The smallest absolute Gasteiger partial charge is 0.407 e. The molecule has 0 unspecified atom stereocenters. The fourth-order valence-corrected chi connectivity index (χ4v) is 3.80. The van der Waals surface area contributed by atoms with Crippen LogP contribution in [0.3, 0.4) is 0 Å². The first-order valence-electron chi connectivity index (χ1n) is 12.0. The first-order chi connectivity index (χ1) is 16.5. The molecule has 2 amide bonds. The molecule has 4 atom stereocenters. The van der Waals surface area contributed by atoms with Crippen LogP contribution < -0.4 is 10.6 Å². The number of alkyl carbamates (subject to hydrolysis) is 1. The largest absolute Gasteiger partial charge is 0.447 e. The predicted molar refractivity (Wildman–Crippen MR) is 119 cm³/mol. The minimum atomic E-state index is -1.60. The number of carbonyl (C=O) groups is 2. The van der Waals surface area contributed by atoms with Gasteiger partial charge in [-0.2, -0.15) is 0 Å². The van der Waals surface area contributed by atoms with Gasteiger partial charge in [0.1, 0.15) is 44.0 Å². The molecule has 0 spiro atoms. The Labute approximate surface area is 200 Å². The summed E-state index contributed by atoms with van der Waals surface area (Å²) in [7, 11) is 0. The summed E-state index contributed by atoms with van der Waals surface area (Å²) in [6.45, 7) is 0.196. The van der Waals surface area contributed by atoms with E-state index >= 15 is 0 Å². The molecule has 0 radical (unpaired) electrons. The first-order valence-corrected chi connectivity index (χ1v) is 12.0. The molecule has 0 aromatic carbocycles. The Balaban J connectivity index is 1.76. The summed E-state index contributed by atoms with van der Waals surface area (Å²) in [6, 6.07) is 0. The van der Waals surface area contributed by atoms with Gasteiger partial charge in [0.15, 0.2) is 6.10 Å². The number of unbranched alkanes of at least 4 members (excludes halogenated alkanes) is 6. The third-order valence-electron chi connectivity index (χ3n) is 6.02. The van der Waals surface area contributed by atoms with Crippen molar-refractivity contribution in [1.82, 2.24) is 10.6 Å². The van der Waals surface area contributed by atoms with E-state index in [0.29, 0.717) is 6.54 Å². The number of aliphatic hydroxyl groups excluding tert-OH is 3. The van der Waals surface area contributed by atoms with Gasteiger partial charge in [-0.25, -0.2) is 4.79 Å². The Bertz CT molecular complexity index is 596. The summed E-state index contributed by atoms with van der Waals surface area (Å²) in [6.07, 6.45) is 4.03. The zero-order chi connectivity index (χ0) is 24.8. The van der Waals surface area contributed by atoms with Crippen LogP contribution in [0.15, 0.2) is 0 Å². The van der Waals surface area contributed by atoms with E-state index < -0.39 is 61.8 Å². The number of aliphatic hydroxyl groups is 3. The molecule has 2 saturated heterocycles. The molecule has 2 aliphatic heterocycles. The molecular weight excluding hydrogens is 452 g/mol. The van der Waals surface area contributed by atoms with Crippen molar-refractivity contribution in [2.75, 3.05) is 46.6 Å². The van der Waals surface area contributed by atoms with Crippen LogP contribution in [0.2, 0.25) is 0 Å². The third-order valence-corrected chi connectivity index (χ3v) is 6.02. The Kier molecular flexibility index (Phi) is 13.0. The lowest BCUT2D eigenvalue weighted by atomic mass is 9.98. The number of hydrogen-bond donors (Lipinski definition) is 5. The van der Waals surface area contributed by atoms with Crippen molar-refractivity contribution in [1.29, 1.82) is 0 Å². The van der Waals surface area contributed by atoms with Crippen LogP contribution in [0, 0.1) is 0 Å². The molecule has 2 rings (SSSR count). The number of amides is 2. The van der Waals surface area contributed by atoms with Crippen LogP contribution in [0.1, 0.15) is 51.9 Å². The number of fused-ring (bicyclic) bond motifs is 1. The summed E-state index contributed by atoms with van der Waals surface area (Å²) in [4.78, 5) is 24.7. The van der Waals surface area contributed by atoms with Gasteiger partial charge in [0.2, 0.25) is 0 Å². The molecule has 0 bridgehead atoms. The Hall–Kier alpha value is -1.54. The average molecular weight is 493 g/mol. The minimum absolute atomic E-state index is 0.102.